The molecule has 1 aromatic rings. The van der Waals surface area contributed by atoms with E-state index in [2.05, 4.69) is 74.4 Å². The molecule has 0 aliphatic rings. The molecule has 1 rings (SSSR count). The maximum atomic E-state index is 11.9. The van der Waals surface area contributed by atoms with Gasteiger partial charge in [-0.15, -0.1) is 0 Å². The van der Waals surface area contributed by atoms with Gasteiger partial charge in [0.15, 0.2) is 0 Å². The van der Waals surface area contributed by atoms with E-state index in [-0.39, 0.29) is 16.2 Å². The van der Waals surface area contributed by atoms with Crippen LogP contribution < -0.4 is 0 Å². The van der Waals surface area contributed by atoms with E-state index in [1.54, 1.807) is 0 Å². The van der Waals surface area contributed by atoms with E-state index in [1.807, 2.05) is 0 Å². The van der Waals surface area contributed by atoms with Crippen molar-refractivity contribution in [3.63, 3.8) is 0 Å². The average molecular weight is 936 g/mol. The van der Waals surface area contributed by atoms with Crippen LogP contribution in [0.15, 0.2) is 12.1 Å². The quantitative estimate of drug-likeness (QED) is 0.0646. The van der Waals surface area contributed by atoms with E-state index < -0.39 is 0 Å². The van der Waals surface area contributed by atoms with Gasteiger partial charge in [0.1, 0.15) is 5.75 Å². The summed E-state index contributed by atoms with van der Waals surface area (Å²) in [5, 5.41) is 11.9. The molecule has 0 aliphatic carbocycles. The van der Waals surface area contributed by atoms with Crippen LogP contribution >= 0.6 is 0 Å². The lowest BCUT2D eigenvalue weighted by molar-refractivity contribution is 0.365. The van der Waals surface area contributed by atoms with Crippen LogP contribution in [0.3, 0.4) is 0 Å². The highest BCUT2D eigenvalue weighted by atomic mass is 16.3. The van der Waals surface area contributed by atoms with Crippen LogP contribution in [0.1, 0.15) is 387 Å². The molecule has 0 fully saturated rings. The predicted octanol–water partition coefficient (Wildman–Crippen LogP) is 24.0. The molecule has 0 radical (unpaired) electrons. The molecule has 0 atom stereocenters. The van der Waals surface area contributed by atoms with Crippen molar-refractivity contribution in [1.29, 1.82) is 0 Å². The number of phenolic OH excluding ortho intramolecular Hbond substituents is 1. The van der Waals surface area contributed by atoms with Crippen molar-refractivity contribution in [1.82, 2.24) is 0 Å². The van der Waals surface area contributed by atoms with Crippen molar-refractivity contribution in [2.75, 3.05) is 0 Å². The normalized spacial score (nSPS) is 12.5. The number of hydrogen-bond acceptors (Lipinski definition) is 1. The SMILES string of the molecule is CCCCCCCCCCCCCCCCCC(C)(C)c1ccc(O)c(C(C)(C)CCCCCCCCCCCCCCCCC)c1C(C)(C)CCCCCCCCCCCCCCCCC. The lowest BCUT2D eigenvalue weighted by atomic mass is 9.64. The first-order valence-electron chi connectivity index (χ1n) is 31.3. The largest absolute Gasteiger partial charge is 0.508 e. The van der Waals surface area contributed by atoms with E-state index in [9.17, 15) is 5.11 Å². The first kappa shape index (κ1) is 64.0. The highest BCUT2D eigenvalue weighted by Gasteiger charge is 2.38. The summed E-state index contributed by atoms with van der Waals surface area (Å²) in [5.74, 6) is 0.553. The minimum Gasteiger partial charge on any atom is -0.508 e. The van der Waals surface area contributed by atoms with Gasteiger partial charge in [-0.25, -0.2) is 0 Å². The van der Waals surface area contributed by atoms with E-state index >= 15 is 0 Å². The van der Waals surface area contributed by atoms with Crippen LogP contribution in [-0.4, -0.2) is 5.11 Å². The number of benzene rings is 1. The van der Waals surface area contributed by atoms with Crippen molar-refractivity contribution in [2.45, 2.75) is 387 Å². The van der Waals surface area contributed by atoms with Crippen LogP contribution in [0.5, 0.6) is 5.75 Å². The number of hydrogen-bond donors (Lipinski definition) is 1. The molecule has 0 amide bonds. The van der Waals surface area contributed by atoms with Crippen molar-refractivity contribution < 1.29 is 5.11 Å². The Kier molecular flexibility index (Phi) is 40.8. The summed E-state index contributed by atoms with van der Waals surface area (Å²) in [7, 11) is 0. The van der Waals surface area contributed by atoms with Crippen LogP contribution in [0.25, 0.3) is 0 Å². The summed E-state index contributed by atoms with van der Waals surface area (Å²) >= 11 is 0. The third-order valence-corrected chi connectivity index (χ3v) is 16.5. The molecule has 0 unspecified atom stereocenters. The Morgan fingerprint density at radius 3 is 0.687 bits per heavy atom. The van der Waals surface area contributed by atoms with Crippen LogP contribution in [0.2, 0.25) is 0 Å². The minimum atomic E-state index is -0.0526. The highest BCUT2D eigenvalue weighted by molar-refractivity contribution is 5.54. The number of phenols is 1. The monoisotopic (exact) mass is 935 g/mol. The Morgan fingerprint density at radius 1 is 0.254 bits per heavy atom. The molecule has 0 spiro atoms. The summed E-state index contributed by atoms with van der Waals surface area (Å²) in [6, 6.07) is 4.46. The molecule has 1 N–H and O–H groups in total. The van der Waals surface area contributed by atoms with Crippen molar-refractivity contribution >= 4 is 0 Å². The molecular weight excluding hydrogens is 809 g/mol. The second-order valence-corrected chi connectivity index (χ2v) is 24.6. The van der Waals surface area contributed by atoms with E-state index in [0.29, 0.717) is 5.75 Å². The minimum absolute atomic E-state index is 0.0264. The van der Waals surface area contributed by atoms with Gasteiger partial charge in [0.25, 0.3) is 0 Å². The summed E-state index contributed by atoms with van der Waals surface area (Å²) in [6.07, 6.45) is 67.1. The molecule has 0 aromatic heterocycles. The van der Waals surface area contributed by atoms with Crippen molar-refractivity contribution in [3.8, 4) is 5.75 Å². The Hall–Kier alpha value is -0.980. The number of unbranched alkanes of at least 4 members (excludes halogenated alkanes) is 42. The molecule has 1 heteroatoms. The Bertz CT molecular complexity index is 1200. The molecule has 1 aromatic carbocycles. The van der Waals surface area contributed by atoms with Gasteiger partial charge < -0.3 is 5.11 Å². The maximum absolute atomic E-state index is 11.9. The zero-order valence-corrected chi connectivity index (χ0v) is 48.0. The predicted molar refractivity (Wildman–Crippen MR) is 306 cm³/mol. The third kappa shape index (κ3) is 33.3. The molecule has 0 heterocycles. The zero-order chi connectivity index (χ0) is 49.2. The Balaban J connectivity index is 2.77. The molecule has 67 heavy (non-hydrogen) atoms. The molecule has 0 aliphatic heterocycles. The summed E-state index contributed by atoms with van der Waals surface area (Å²) < 4.78 is 0. The first-order valence-corrected chi connectivity index (χ1v) is 31.3. The summed E-state index contributed by atoms with van der Waals surface area (Å²) in [5.41, 5.74) is 4.38. The molecule has 0 saturated heterocycles. The van der Waals surface area contributed by atoms with E-state index in [1.165, 1.54) is 318 Å². The fourth-order valence-electron chi connectivity index (χ4n) is 11.7. The highest BCUT2D eigenvalue weighted by Crippen LogP contribution is 2.49. The Labute approximate surface area is 424 Å². The summed E-state index contributed by atoms with van der Waals surface area (Å²) in [4.78, 5) is 0. The number of aromatic hydroxyl groups is 1. The van der Waals surface area contributed by atoms with Gasteiger partial charge in [0, 0.05) is 5.56 Å². The molecule has 0 bridgehead atoms. The molecular formula is C66H126O. The van der Waals surface area contributed by atoms with Crippen LogP contribution in [0.4, 0.5) is 0 Å². The van der Waals surface area contributed by atoms with Gasteiger partial charge in [0.2, 0.25) is 0 Å². The lowest BCUT2D eigenvalue weighted by Crippen LogP contribution is -2.32. The third-order valence-electron chi connectivity index (χ3n) is 16.5. The number of rotatable bonds is 51. The van der Waals surface area contributed by atoms with Gasteiger partial charge in [-0.3, -0.25) is 0 Å². The first-order chi connectivity index (χ1) is 32.4. The second-order valence-electron chi connectivity index (χ2n) is 24.6. The second kappa shape index (κ2) is 42.7. The van der Waals surface area contributed by atoms with Gasteiger partial charge >= 0.3 is 0 Å². The standard InChI is InChI=1S/C66H126O/c1-10-13-16-19-22-25-28-31-34-37-40-43-46-49-52-57-64(4,5)60-55-56-61(67)63(66(8,9)59-54-51-48-45-42-39-36-33-30-27-24-21-18-15-12-3)62(60)65(6,7)58-53-50-47-44-41-38-35-32-29-26-23-20-17-14-11-2/h55-56,67H,10-54,57-59H2,1-9H3. The lowest BCUT2D eigenvalue weighted by Gasteiger charge is -2.41. The molecule has 396 valence electrons. The summed E-state index contributed by atoms with van der Waals surface area (Å²) in [6.45, 7) is 22.0. The van der Waals surface area contributed by atoms with Crippen LogP contribution in [-0.2, 0) is 16.2 Å². The smallest absolute Gasteiger partial charge is 0.119 e. The van der Waals surface area contributed by atoms with Gasteiger partial charge in [-0.05, 0) is 52.7 Å². The Morgan fingerprint density at radius 2 is 0.448 bits per heavy atom. The average Bonchev–Trinajstić information content (AvgIpc) is 3.29. The van der Waals surface area contributed by atoms with Gasteiger partial charge in [-0.2, -0.15) is 0 Å². The van der Waals surface area contributed by atoms with Gasteiger partial charge in [0.05, 0.1) is 0 Å². The molecule has 0 saturated carbocycles. The maximum Gasteiger partial charge on any atom is 0.119 e. The zero-order valence-electron chi connectivity index (χ0n) is 48.0. The van der Waals surface area contributed by atoms with Crippen molar-refractivity contribution in [3.05, 3.63) is 28.8 Å². The fraction of sp³-hybridized carbons (Fsp3) is 0.909. The van der Waals surface area contributed by atoms with E-state index in [0.717, 1.165) is 6.42 Å². The van der Waals surface area contributed by atoms with Gasteiger partial charge in [-0.1, -0.05) is 357 Å². The van der Waals surface area contributed by atoms with Crippen molar-refractivity contribution in [2.24, 2.45) is 0 Å². The fourth-order valence-corrected chi connectivity index (χ4v) is 11.7. The van der Waals surface area contributed by atoms with Crippen LogP contribution in [0, 0.1) is 0 Å². The van der Waals surface area contributed by atoms with E-state index in [4.69, 9.17) is 0 Å². The topological polar surface area (TPSA) is 20.2 Å². The molecule has 1 nitrogen and oxygen atoms in total.